The van der Waals surface area contributed by atoms with Gasteiger partial charge in [0, 0.05) is 6.04 Å². The van der Waals surface area contributed by atoms with E-state index in [-0.39, 0.29) is 6.10 Å². The van der Waals surface area contributed by atoms with Gasteiger partial charge < -0.3 is 5.11 Å². The maximum absolute atomic E-state index is 9.49. The van der Waals surface area contributed by atoms with Crippen LogP contribution in [0.25, 0.3) is 0 Å². The van der Waals surface area contributed by atoms with E-state index < -0.39 is 0 Å². The average Bonchev–Trinajstić information content (AvgIpc) is 2.03. The van der Waals surface area contributed by atoms with Crippen molar-refractivity contribution in [1.82, 2.24) is 4.90 Å². The summed E-state index contributed by atoms with van der Waals surface area (Å²) >= 11 is 0. The summed E-state index contributed by atoms with van der Waals surface area (Å²) in [6, 6.07) is 0.477. The fourth-order valence-corrected chi connectivity index (χ4v) is 1.91. The first-order valence-electron chi connectivity index (χ1n) is 5.21. The van der Waals surface area contributed by atoms with Gasteiger partial charge in [-0.25, -0.2) is 0 Å². The minimum absolute atomic E-state index is 0.0388. The van der Waals surface area contributed by atoms with Crippen LogP contribution in [-0.4, -0.2) is 35.2 Å². The molecule has 0 heterocycles. The molecule has 72 valence electrons. The predicted octanol–water partition coefficient (Wildman–Crippen LogP) is 1.63. The molecule has 1 rings (SSSR count). The molecule has 2 unspecified atom stereocenters. The van der Waals surface area contributed by atoms with Crippen LogP contribution in [0.1, 0.15) is 39.5 Å². The molecule has 2 heteroatoms. The number of aliphatic hydroxyl groups excluding tert-OH is 1. The Kier molecular flexibility index (Phi) is 4.02. The number of aliphatic hydroxyl groups is 1. The van der Waals surface area contributed by atoms with E-state index in [1.807, 2.05) is 0 Å². The fourth-order valence-electron chi connectivity index (χ4n) is 1.91. The van der Waals surface area contributed by atoms with Crippen LogP contribution in [0.15, 0.2) is 0 Å². The molecule has 0 amide bonds. The third kappa shape index (κ3) is 2.20. The van der Waals surface area contributed by atoms with Gasteiger partial charge in [0.25, 0.3) is 0 Å². The van der Waals surface area contributed by atoms with Gasteiger partial charge in [-0.2, -0.15) is 0 Å². The topological polar surface area (TPSA) is 23.5 Å². The van der Waals surface area contributed by atoms with Crippen LogP contribution >= 0.6 is 0 Å². The average molecular weight is 171 g/mol. The van der Waals surface area contributed by atoms with Crippen LogP contribution in [0.3, 0.4) is 0 Å². The highest BCUT2D eigenvalue weighted by Crippen LogP contribution is 2.25. The summed E-state index contributed by atoms with van der Waals surface area (Å²) in [5.41, 5.74) is 0. The highest BCUT2D eigenvalue weighted by molar-refractivity contribution is 4.88. The van der Waals surface area contributed by atoms with Crippen molar-refractivity contribution in [3.05, 3.63) is 0 Å². The summed E-state index contributed by atoms with van der Waals surface area (Å²) in [4.78, 5) is 2.44. The summed E-state index contributed by atoms with van der Waals surface area (Å²) < 4.78 is 0. The summed E-state index contributed by atoms with van der Waals surface area (Å²) in [7, 11) is 0. The second-order valence-electron chi connectivity index (χ2n) is 3.75. The fraction of sp³-hybridized carbons (Fsp3) is 1.00. The van der Waals surface area contributed by atoms with Crippen molar-refractivity contribution in [2.45, 2.75) is 51.7 Å². The van der Waals surface area contributed by atoms with Crippen LogP contribution in [0, 0.1) is 0 Å². The Labute approximate surface area is 75.6 Å². The molecule has 1 fully saturated rings. The number of hydrogen-bond acceptors (Lipinski definition) is 2. The lowest BCUT2D eigenvalue weighted by molar-refractivity contribution is -0.0210. The van der Waals surface area contributed by atoms with Crippen molar-refractivity contribution in [2.75, 3.05) is 13.1 Å². The summed E-state index contributed by atoms with van der Waals surface area (Å²) in [6.07, 6.45) is 4.56. The molecule has 1 aliphatic carbocycles. The van der Waals surface area contributed by atoms with Gasteiger partial charge >= 0.3 is 0 Å². The number of nitrogens with zero attached hydrogens (tertiary/aromatic N) is 1. The van der Waals surface area contributed by atoms with Crippen molar-refractivity contribution in [2.24, 2.45) is 0 Å². The molecule has 12 heavy (non-hydrogen) atoms. The monoisotopic (exact) mass is 171 g/mol. The second kappa shape index (κ2) is 4.83. The van der Waals surface area contributed by atoms with E-state index in [1.54, 1.807) is 0 Å². The molecule has 0 saturated heterocycles. The van der Waals surface area contributed by atoms with E-state index in [1.165, 1.54) is 19.3 Å². The van der Waals surface area contributed by atoms with E-state index in [9.17, 15) is 5.11 Å². The van der Waals surface area contributed by atoms with Gasteiger partial charge in [-0.1, -0.05) is 13.8 Å². The molecular formula is C10H21NO. The van der Waals surface area contributed by atoms with Gasteiger partial charge in [-0.05, 0) is 38.8 Å². The first-order chi connectivity index (χ1) is 5.79. The minimum atomic E-state index is -0.0388. The highest BCUT2D eigenvalue weighted by atomic mass is 16.3. The third-order valence-corrected chi connectivity index (χ3v) is 2.69. The zero-order valence-corrected chi connectivity index (χ0v) is 8.29. The molecule has 0 aromatic carbocycles. The lowest BCUT2D eigenvalue weighted by Crippen LogP contribution is -2.51. The zero-order chi connectivity index (χ0) is 8.97. The zero-order valence-electron chi connectivity index (χ0n) is 8.29. The second-order valence-corrected chi connectivity index (χ2v) is 3.75. The van der Waals surface area contributed by atoms with Crippen molar-refractivity contribution >= 4 is 0 Å². The van der Waals surface area contributed by atoms with E-state index >= 15 is 0 Å². The van der Waals surface area contributed by atoms with Crippen molar-refractivity contribution < 1.29 is 5.11 Å². The van der Waals surface area contributed by atoms with Crippen LogP contribution < -0.4 is 0 Å². The largest absolute Gasteiger partial charge is 0.391 e. The summed E-state index contributed by atoms with van der Waals surface area (Å²) in [5.74, 6) is 0. The molecule has 0 aromatic heterocycles. The molecular weight excluding hydrogens is 150 g/mol. The van der Waals surface area contributed by atoms with E-state index in [4.69, 9.17) is 0 Å². The smallest absolute Gasteiger partial charge is 0.0696 e. The van der Waals surface area contributed by atoms with Crippen LogP contribution in [0.4, 0.5) is 0 Å². The molecule has 0 bridgehead atoms. The Morgan fingerprint density at radius 1 is 1.17 bits per heavy atom. The van der Waals surface area contributed by atoms with Gasteiger partial charge in [-0.3, -0.25) is 4.90 Å². The minimum Gasteiger partial charge on any atom is -0.391 e. The Morgan fingerprint density at radius 2 is 1.75 bits per heavy atom. The van der Waals surface area contributed by atoms with E-state index in [0.717, 1.165) is 19.5 Å². The van der Waals surface area contributed by atoms with E-state index in [0.29, 0.717) is 6.04 Å². The quantitative estimate of drug-likeness (QED) is 0.679. The third-order valence-electron chi connectivity index (χ3n) is 2.69. The van der Waals surface area contributed by atoms with Crippen LogP contribution in [-0.2, 0) is 0 Å². The Morgan fingerprint density at radius 3 is 2.00 bits per heavy atom. The number of hydrogen-bond donors (Lipinski definition) is 1. The molecule has 0 aliphatic heterocycles. The lowest BCUT2D eigenvalue weighted by Gasteiger charge is -2.41. The maximum Gasteiger partial charge on any atom is 0.0696 e. The molecule has 0 aromatic rings. The predicted molar refractivity (Wildman–Crippen MR) is 51.2 cm³/mol. The molecule has 2 nitrogen and oxygen atoms in total. The van der Waals surface area contributed by atoms with Crippen molar-refractivity contribution in [1.29, 1.82) is 0 Å². The molecule has 2 atom stereocenters. The van der Waals surface area contributed by atoms with Gasteiger partial charge in [0.1, 0.15) is 0 Å². The molecule has 0 radical (unpaired) electrons. The van der Waals surface area contributed by atoms with Crippen molar-refractivity contribution in [3.8, 4) is 0 Å². The van der Waals surface area contributed by atoms with Crippen LogP contribution in [0.2, 0.25) is 0 Å². The SMILES string of the molecule is CCCN(CCC)C1CCC1O. The standard InChI is InChI=1S/C10H21NO/c1-3-7-11(8-4-2)9-5-6-10(9)12/h9-10,12H,3-8H2,1-2H3. The molecule has 0 spiro atoms. The summed E-state index contributed by atoms with van der Waals surface area (Å²) in [5, 5.41) is 9.49. The summed E-state index contributed by atoms with van der Waals surface area (Å²) in [6.45, 7) is 6.70. The lowest BCUT2D eigenvalue weighted by atomic mass is 9.87. The first kappa shape index (κ1) is 10.0. The molecule has 1 N–H and O–H groups in total. The number of rotatable bonds is 5. The van der Waals surface area contributed by atoms with E-state index in [2.05, 4.69) is 18.7 Å². The Balaban J connectivity index is 2.30. The van der Waals surface area contributed by atoms with Gasteiger partial charge in [0.2, 0.25) is 0 Å². The van der Waals surface area contributed by atoms with Gasteiger partial charge in [0.15, 0.2) is 0 Å². The van der Waals surface area contributed by atoms with Gasteiger partial charge in [0.05, 0.1) is 6.10 Å². The Hall–Kier alpha value is -0.0800. The Bertz CT molecular complexity index is 121. The van der Waals surface area contributed by atoms with Crippen LogP contribution in [0.5, 0.6) is 0 Å². The molecule has 1 saturated carbocycles. The normalized spacial score (nSPS) is 29.0. The highest BCUT2D eigenvalue weighted by Gasteiger charge is 2.32. The maximum atomic E-state index is 9.49. The molecule has 1 aliphatic rings. The van der Waals surface area contributed by atoms with Gasteiger partial charge in [-0.15, -0.1) is 0 Å². The first-order valence-corrected chi connectivity index (χ1v) is 5.21. The van der Waals surface area contributed by atoms with Crippen molar-refractivity contribution in [3.63, 3.8) is 0 Å².